The van der Waals surface area contributed by atoms with E-state index < -0.39 is 0 Å². The minimum Gasteiger partial charge on any atom is -0.489 e. The molecule has 0 spiro atoms. The highest BCUT2D eigenvalue weighted by Crippen LogP contribution is 2.27. The highest BCUT2D eigenvalue weighted by molar-refractivity contribution is 5.57. The smallest absolute Gasteiger partial charge is 0.142 e. The van der Waals surface area contributed by atoms with Crippen molar-refractivity contribution < 1.29 is 4.74 Å². The van der Waals surface area contributed by atoms with Crippen molar-refractivity contribution in [1.29, 1.82) is 0 Å². The second kappa shape index (κ2) is 2.46. The van der Waals surface area contributed by atoms with Gasteiger partial charge in [-0.2, -0.15) is 0 Å². The molecule has 0 saturated heterocycles. The van der Waals surface area contributed by atoms with Gasteiger partial charge in [0.1, 0.15) is 12.4 Å². The van der Waals surface area contributed by atoms with Gasteiger partial charge in [0.25, 0.3) is 0 Å². The van der Waals surface area contributed by atoms with E-state index in [1.54, 1.807) is 0 Å². The van der Waals surface area contributed by atoms with Crippen LogP contribution in [0.15, 0.2) is 24.3 Å². The number of hydrogen-bond donors (Lipinski definition) is 1. The van der Waals surface area contributed by atoms with Gasteiger partial charge in [-0.3, -0.25) is 0 Å². The van der Waals surface area contributed by atoms with Gasteiger partial charge in [-0.1, -0.05) is 12.1 Å². The Bertz CT molecular complexity index is 259. The maximum atomic E-state index is 5.47. The second-order valence-electron chi connectivity index (χ2n) is 2.85. The van der Waals surface area contributed by atoms with Gasteiger partial charge < -0.3 is 10.1 Å². The van der Waals surface area contributed by atoms with Crippen LogP contribution in [0.4, 0.5) is 5.69 Å². The van der Waals surface area contributed by atoms with Crippen molar-refractivity contribution in [3.8, 4) is 5.75 Å². The average Bonchev–Trinajstić information content (AvgIpc) is 2.04. The van der Waals surface area contributed by atoms with Crippen molar-refractivity contribution in [3.05, 3.63) is 24.3 Å². The predicted octanol–water partition coefficient (Wildman–Crippen LogP) is 1.88. The number of hydrogen-bond acceptors (Lipinski definition) is 2. The van der Waals surface area contributed by atoms with Crippen molar-refractivity contribution in [2.75, 3.05) is 11.9 Å². The Hall–Kier alpha value is -1.18. The minimum absolute atomic E-state index is 0.421. The first kappa shape index (κ1) is 6.53. The molecule has 1 atom stereocenters. The van der Waals surface area contributed by atoms with E-state index >= 15 is 0 Å². The third-order valence-corrected chi connectivity index (χ3v) is 1.78. The molecule has 1 N–H and O–H groups in total. The van der Waals surface area contributed by atoms with Crippen LogP contribution in [0.5, 0.6) is 5.75 Å². The van der Waals surface area contributed by atoms with Gasteiger partial charge in [-0.05, 0) is 19.1 Å². The highest BCUT2D eigenvalue weighted by atomic mass is 16.5. The molecular formula is C9H11NO. The number of fused-ring (bicyclic) bond motifs is 1. The van der Waals surface area contributed by atoms with E-state index in [1.807, 2.05) is 24.3 Å². The van der Waals surface area contributed by atoms with Gasteiger partial charge in [0.05, 0.1) is 11.7 Å². The molecule has 1 aromatic carbocycles. The second-order valence-corrected chi connectivity index (χ2v) is 2.85. The Morgan fingerprint density at radius 2 is 2.27 bits per heavy atom. The fraction of sp³-hybridized carbons (Fsp3) is 0.333. The molecule has 1 aliphatic rings. The normalized spacial score (nSPS) is 21.4. The fourth-order valence-corrected chi connectivity index (χ4v) is 1.23. The van der Waals surface area contributed by atoms with Crippen LogP contribution in [0.25, 0.3) is 0 Å². The Morgan fingerprint density at radius 1 is 1.45 bits per heavy atom. The molecule has 58 valence electrons. The van der Waals surface area contributed by atoms with Gasteiger partial charge in [0, 0.05) is 0 Å². The van der Waals surface area contributed by atoms with Crippen LogP contribution in [-0.4, -0.2) is 12.6 Å². The maximum Gasteiger partial charge on any atom is 0.142 e. The molecule has 1 aromatic rings. The Balaban J connectivity index is 2.34. The summed E-state index contributed by atoms with van der Waals surface area (Å²) in [5, 5.41) is 3.33. The number of anilines is 1. The first-order chi connectivity index (χ1) is 5.36. The molecule has 0 aliphatic carbocycles. The van der Waals surface area contributed by atoms with Crippen LogP contribution >= 0.6 is 0 Å². The molecule has 0 saturated carbocycles. The van der Waals surface area contributed by atoms with Crippen molar-refractivity contribution in [3.63, 3.8) is 0 Å². The zero-order valence-corrected chi connectivity index (χ0v) is 6.50. The third kappa shape index (κ3) is 1.16. The quantitative estimate of drug-likeness (QED) is 0.608. The summed E-state index contributed by atoms with van der Waals surface area (Å²) in [5.41, 5.74) is 1.10. The Morgan fingerprint density at radius 3 is 3.18 bits per heavy atom. The summed E-state index contributed by atoms with van der Waals surface area (Å²) >= 11 is 0. The van der Waals surface area contributed by atoms with Crippen molar-refractivity contribution in [2.45, 2.75) is 13.0 Å². The molecule has 0 fully saturated rings. The first-order valence-corrected chi connectivity index (χ1v) is 3.84. The predicted molar refractivity (Wildman–Crippen MR) is 45.0 cm³/mol. The number of ether oxygens (including phenoxy) is 1. The lowest BCUT2D eigenvalue weighted by Gasteiger charge is -2.24. The van der Waals surface area contributed by atoms with Crippen LogP contribution in [0.3, 0.4) is 0 Å². The van der Waals surface area contributed by atoms with Gasteiger partial charge >= 0.3 is 0 Å². The summed E-state index contributed by atoms with van der Waals surface area (Å²) < 4.78 is 5.47. The van der Waals surface area contributed by atoms with Crippen LogP contribution in [0, 0.1) is 0 Å². The molecule has 0 aromatic heterocycles. The van der Waals surface area contributed by atoms with Gasteiger partial charge in [0.15, 0.2) is 0 Å². The van der Waals surface area contributed by atoms with Crippen molar-refractivity contribution in [2.24, 2.45) is 0 Å². The highest BCUT2D eigenvalue weighted by Gasteiger charge is 2.12. The van der Waals surface area contributed by atoms with E-state index in [9.17, 15) is 0 Å². The number of benzene rings is 1. The molecular weight excluding hydrogens is 138 g/mol. The first-order valence-electron chi connectivity index (χ1n) is 3.84. The maximum absolute atomic E-state index is 5.47. The molecule has 2 nitrogen and oxygen atoms in total. The van der Waals surface area contributed by atoms with E-state index in [2.05, 4.69) is 12.2 Å². The van der Waals surface area contributed by atoms with Crippen LogP contribution in [-0.2, 0) is 0 Å². The van der Waals surface area contributed by atoms with Crippen molar-refractivity contribution in [1.82, 2.24) is 0 Å². The molecule has 0 unspecified atom stereocenters. The zero-order chi connectivity index (χ0) is 7.68. The van der Waals surface area contributed by atoms with Gasteiger partial charge in [0.2, 0.25) is 0 Å². The molecule has 1 aliphatic heterocycles. The fourth-order valence-electron chi connectivity index (χ4n) is 1.23. The number of nitrogens with one attached hydrogen (secondary N) is 1. The molecule has 0 amide bonds. The molecule has 11 heavy (non-hydrogen) atoms. The van der Waals surface area contributed by atoms with Crippen LogP contribution < -0.4 is 10.1 Å². The Labute approximate surface area is 66.2 Å². The summed E-state index contributed by atoms with van der Waals surface area (Å²) in [6.07, 6.45) is 0. The SMILES string of the molecule is C[C@@H]1COc2ccccc2N1. The summed E-state index contributed by atoms with van der Waals surface area (Å²) in [6, 6.07) is 8.42. The summed E-state index contributed by atoms with van der Waals surface area (Å²) in [7, 11) is 0. The molecule has 2 rings (SSSR count). The van der Waals surface area contributed by atoms with E-state index in [0.29, 0.717) is 6.04 Å². The van der Waals surface area contributed by atoms with Crippen LogP contribution in [0.1, 0.15) is 6.92 Å². The van der Waals surface area contributed by atoms with E-state index in [1.165, 1.54) is 0 Å². The van der Waals surface area contributed by atoms with Gasteiger partial charge in [-0.15, -0.1) is 0 Å². The lowest BCUT2D eigenvalue weighted by Crippen LogP contribution is -2.27. The summed E-state index contributed by atoms with van der Waals surface area (Å²) in [6.45, 7) is 2.87. The molecule has 0 radical (unpaired) electrons. The minimum atomic E-state index is 0.421. The molecule has 0 bridgehead atoms. The topological polar surface area (TPSA) is 21.3 Å². The molecule has 2 heteroatoms. The monoisotopic (exact) mass is 149 g/mol. The lowest BCUT2D eigenvalue weighted by atomic mass is 10.2. The van der Waals surface area contributed by atoms with E-state index in [4.69, 9.17) is 4.74 Å². The summed E-state index contributed by atoms with van der Waals surface area (Å²) in [4.78, 5) is 0. The number of rotatable bonds is 0. The standard InChI is InChI=1S/C9H11NO/c1-7-6-11-9-5-3-2-4-8(9)10-7/h2-5,7,10H,6H2,1H3/t7-/m1/s1. The van der Waals surface area contributed by atoms with E-state index in [-0.39, 0.29) is 0 Å². The largest absolute Gasteiger partial charge is 0.489 e. The third-order valence-electron chi connectivity index (χ3n) is 1.78. The van der Waals surface area contributed by atoms with E-state index in [0.717, 1.165) is 18.0 Å². The lowest BCUT2D eigenvalue weighted by molar-refractivity contribution is 0.292. The summed E-state index contributed by atoms with van der Waals surface area (Å²) in [5.74, 6) is 0.964. The molecule has 1 heterocycles. The number of para-hydroxylation sites is 2. The van der Waals surface area contributed by atoms with Crippen molar-refractivity contribution >= 4 is 5.69 Å². The van der Waals surface area contributed by atoms with Gasteiger partial charge in [-0.25, -0.2) is 0 Å². The zero-order valence-electron chi connectivity index (χ0n) is 6.50. The van der Waals surface area contributed by atoms with Crippen LogP contribution in [0.2, 0.25) is 0 Å². The Kier molecular flexibility index (Phi) is 1.46. The average molecular weight is 149 g/mol.